The molecule has 2 saturated heterocycles. The number of halogens is 3. The van der Waals surface area contributed by atoms with E-state index in [9.17, 15) is 27.3 Å². The van der Waals surface area contributed by atoms with Crippen molar-refractivity contribution < 1.29 is 40.6 Å². The SMILES string of the molecule is COC1CN(CC[C@H](CSc2ccc(F)cc2F)Oc2c(F)cc(S(=O)(=O)NC(=O)[C@@]3(C)CCCCO3)cc2C#N)C1. The average molecular weight is 628 g/mol. The number of sulfonamides is 1. The smallest absolute Gasteiger partial charge is 0.265 e. The lowest BCUT2D eigenvalue weighted by atomic mass is 9.95. The fourth-order valence-electron chi connectivity index (χ4n) is 4.63. The van der Waals surface area contributed by atoms with Crippen molar-refractivity contribution in [2.75, 3.05) is 39.1 Å². The molecule has 2 aliphatic rings. The molecule has 0 unspecified atom stereocenters. The van der Waals surface area contributed by atoms with Crippen LogP contribution in [0.3, 0.4) is 0 Å². The van der Waals surface area contributed by atoms with Crippen molar-refractivity contribution >= 4 is 27.7 Å². The molecule has 1 N–H and O–H groups in total. The number of carbonyl (C=O) groups excluding carboxylic acids is 1. The van der Waals surface area contributed by atoms with Crippen molar-refractivity contribution in [3.63, 3.8) is 0 Å². The van der Waals surface area contributed by atoms with Gasteiger partial charge in [0.05, 0.1) is 16.6 Å². The zero-order valence-electron chi connectivity index (χ0n) is 23.2. The van der Waals surface area contributed by atoms with Crippen molar-refractivity contribution in [2.24, 2.45) is 0 Å². The van der Waals surface area contributed by atoms with Crippen LogP contribution in [0.25, 0.3) is 0 Å². The van der Waals surface area contributed by atoms with Crippen molar-refractivity contribution in [2.45, 2.75) is 60.2 Å². The number of likely N-dealkylation sites (tertiary alicyclic amines) is 1. The zero-order valence-corrected chi connectivity index (χ0v) is 24.8. The molecule has 0 radical (unpaired) electrons. The van der Waals surface area contributed by atoms with Gasteiger partial charge in [0, 0.05) is 50.1 Å². The van der Waals surface area contributed by atoms with E-state index in [1.54, 1.807) is 13.2 Å². The fourth-order valence-corrected chi connectivity index (χ4v) is 6.70. The van der Waals surface area contributed by atoms with E-state index in [4.69, 9.17) is 14.2 Å². The van der Waals surface area contributed by atoms with Gasteiger partial charge in [-0.25, -0.2) is 26.3 Å². The van der Waals surface area contributed by atoms with E-state index in [1.807, 2.05) is 4.72 Å². The number of nitrogens with zero attached hydrogens (tertiary/aromatic N) is 2. The highest BCUT2D eigenvalue weighted by Crippen LogP contribution is 2.31. The summed E-state index contributed by atoms with van der Waals surface area (Å²) in [6, 6.07) is 6.55. The normalized spacial score (nSPS) is 20.4. The fraction of sp³-hybridized carbons (Fsp3) is 0.500. The van der Waals surface area contributed by atoms with Gasteiger partial charge in [0.25, 0.3) is 15.9 Å². The number of methoxy groups -OCH3 is 1. The van der Waals surface area contributed by atoms with Crippen LogP contribution in [-0.2, 0) is 24.3 Å². The second-order valence-corrected chi connectivity index (χ2v) is 13.1. The summed E-state index contributed by atoms with van der Waals surface area (Å²) in [5.74, 6) is -3.81. The minimum Gasteiger partial charge on any atom is -0.485 e. The summed E-state index contributed by atoms with van der Waals surface area (Å²) in [5.41, 5.74) is -1.74. The van der Waals surface area contributed by atoms with Crippen LogP contribution in [0.4, 0.5) is 13.2 Å². The molecule has 1 amide bonds. The first-order valence-corrected chi connectivity index (χ1v) is 15.9. The van der Waals surface area contributed by atoms with Gasteiger partial charge >= 0.3 is 0 Å². The summed E-state index contributed by atoms with van der Waals surface area (Å²) < 4.78 is 87.5. The van der Waals surface area contributed by atoms with Gasteiger partial charge in [-0.1, -0.05) is 0 Å². The molecular formula is C28H32F3N3O6S2. The number of hydrogen-bond acceptors (Lipinski definition) is 9. The minimum absolute atomic E-state index is 0.108. The molecule has 228 valence electrons. The van der Waals surface area contributed by atoms with Gasteiger partial charge in [0.2, 0.25) is 0 Å². The highest BCUT2D eigenvalue weighted by molar-refractivity contribution is 7.99. The van der Waals surface area contributed by atoms with E-state index in [-0.39, 0.29) is 16.8 Å². The topological polar surface area (TPSA) is 118 Å². The van der Waals surface area contributed by atoms with Gasteiger partial charge in [-0.15, -0.1) is 11.8 Å². The maximum absolute atomic E-state index is 15.4. The predicted octanol–water partition coefficient (Wildman–Crippen LogP) is 4.00. The first-order valence-electron chi connectivity index (χ1n) is 13.4. The third kappa shape index (κ3) is 7.76. The van der Waals surface area contributed by atoms with Crippen molar-refractivity contribution in [1.29, 1.82) is 5.26 Å². The Balaban J connectivity index is 1.52. The molecular weight excluding hydrogens is 595 g/mol. The van der Waals surface area contributed by atoms with E-state index >= 15 is 4.39 Å². The molecule has 9 nitrogen and oxygen atoms in total. The number of carbonyl (C=O) groups is 1. The number of nitrogens with one attached hydrogen (secondary N) is 1. The molecule has 2 aromatic carbocycles. The van der Waals surface area contributed by atoms with Crippen molar-refractivity contribution in [1.82, 2.24) is 9.62 Å². The number of nitriles is 1. The summed E-state index contributed by atoms with van der Waals surface area (Å²) >= 11 is 1.04. The Morgan fingerprint density at radius 2 is 2.00 bits per heavy atom. The second kappa shape index (κ2) is 13.6. The maximum atomic E-state index is 15.4. The minimum atomic E-state index is -4.55. The average Bonchev–Trinajstić information content (AvgIpc) is 2.92. The van der Waals surface area contributed by atoms with Gasteiger partial charge < -0.3 is 14.2 Å². The summed E-state index contributed by atoms with van der Waals surface area (Å²) in [6.07, 6.45) is 1.50. The van der Waals surface area contributed by atoms with Gasteiger partial charge in [0.15, 0.2) is 11.6 Å². The Kier molecular flexibility index (Phi) is 10.4. The van der Waals surface area contributed by atoms with E-state index in [0.717, 1.165) is 36.4 Å². The third-order valence-electron chi connectivity index (χ3n) is 7.25. The molecule has 4 rings (SSSR count). The van der Waals surface area contributed by atoms with Crippen LogP contribution >= 0.6 is 11.8 Å². The monoisotopic (exact) mass is 627 g/mol. The molecule has 2 atom stereocenters. The van der Waals surface area contributed by atoms with Gasteiger partial charge in [-0.3, -0.25) is 9.69 Å². The third-order valence-corrected chi connectivity index (χ3v) is 9.74. The standard InChI is InChI=1S/C28H32F3N3O6S2/c1-28(8-3-4-10-39-28)27(35)33-42(36,37)22-11-18(14-32)26(24(31)13-22)40-20(7-9-34-15-21(16-34)38-2)17-41-25-6-5-19(29)12-23(25)30/h5-6,11-13,20-21H,3-4,7-10,15-17H2,1-2H3,(H,33,35)/t20-,28-/m1/s1. The van der Waals surface area contributed by atoms with E-state index in [2.05, 4.69) is 4.90 Å². The molecule has 0 aromatic heterocycles. The Bertz CT molecular complexity index is 1440. The van der Waals surface area contributed by atoms with E-state index in [0.29, 0.717) is 51.6 Å². The molecule has 0 saturated carbocycles. The number of amides is 1. The number of ether oxygens (including phenoxy) is 3. The largest absolute Gasteiger partial charge is 0.485 e. The van der Waals surface area contributed by atoms with Gasteiger partial charge in [0.1, 0.15) is 29.4 Å². The number of rotatable bonds is 12. The highest BCUT2D eigenvalue weighted by atomic mass is 32.2. The van der Waals surface area contributed by atoms with Gasteiger partial charge in [-0.05, 0) is 56.9 Å². The molecule has 2 fully saturated rings. The maximum Gasteiger partial charge on any atom is 0.265 e. The Labute approximate surface area is 247 Å². The highest BCUT2D eigenvalue weighted by Gasteiger charge is 2.38. The van der Waals surface area contributed by atoms with Crippen molar-refractivity contribution in [3.8, 4) is 11.8 Å². The zero-order chi connectivity index (χ0) is 30.5. The van der Waals surface area contributed by atoms with Crippen LogP contribution in [0.1, 0.15) is 38.2 Å². The lowest BCUT2D eigenvalue weighted by molar-refractivity contribution is -0.148. The summed E-state index contributed by atoms with van der Waals surface area (Å²) in [6.45, 7) is 3.73. The van der Waals surface area contributed by atoms with Gasteiger partial charge in [-0.2, -0.15) is 5.26 Å². The lowest BCUT2D eigenvalue weighted by Gasteiger charge is -2.38. The summed E-state index contributed by atoms with van der Waals surface area (Å²) in [7, 11) is -2.93. The number of benzene rings is 2. The molecule has 2 aromatic rings. The molecule has 0 aliphatic carbocycles. The summed E-state index contributed by atoms with van der Waals surface area (Å²) in [4.78, 5) is 14.4. The first-order chi connectivity index (χ1) is 19.9. The molecule has 0 spiro atoms. The molecule has 42 heavy (non-hydrogen) atoms. The Hall–Kier alpha value is -2.83. The second-order valence-electron chi connectivity index (χ2n) is 10.4. The molecule has 0 bridgehead atoms. The predicted molar refractivity (Wildman–Crippen MR) is 148 cm³/mol. The lowest BCUT2D eigenvalue weighted by Crippen LogP contribution is -2.52. The first kappa shape index (κ1) is 32.1. The quantitative estimate of drug-likeness (QED) is 0.349. The molecule has 14 heteroatoms. The molecule has 2 heterocycles. The van der Waals surface area contributed by atoms with Crippen molar-refractivity contribution in [3.05, 3.63) is 53.3 Å². The molecule has 2 aliphatic heterocycles. The van der Waals surface area contributed by atoms with E-state index in [1.165, 1.54) is 13.0 Å². The number of thioether (sulfide) groups is 1. The van der Waals surface area contributed by atoms with Crippen LogP contribution in [0.15, 0.2) is 40.1 Å². The van der Waals surface area contributed by atoms with Crippen LogP contribution in [0.5, 0.6) is 5.75 Å². The Morgan fingerprint density at radius 3 is 2.64 bits per heavy atom. The Morgan fingerprint density at radius 1 is 1.24 bits per heavy atom. The number of hydrogen-bond donors (Lipinski definition) is 1. The summed E-state index contributed by atoms with van der Waals surface area (Å²) in [5, 5.41) is 9.75. The van der Waals surface area contributed by atoms with Crippen LogP contribution in [0, 0.1) is 28.8 Å². The van der Waals surface area contributed by atoms with Crippen LogP contribution in [-0.4, -0.2) is 76.1 Å². The van der Waals surface area contributed by atoms with Crippen LogP contribution < -0.4 is 9.46 Å². The van der Waals surface area contributed by atoms with Crippen LogP contribution in [0.2, 0.25) is 0 Å². The van der Waals surface area contributed by atoms with E-state index < -0.39 is 61.3 Å².